The van der Waals surface area contributed by atoms with Crippen molar-refractivity contribution in [2.24, 2.45) is 5.92 Å². The summed E-state index contributed by atoms with van der Waals surface area (Å²) in [5.41, 5.74) is 2.08. The van der Waals surface area contributed by atoms with Gasteiger partial charge in [0.15, 0.2) is 5.78 Å². The molecule has 0 spiro atoms. The number of aromatic nitrogens is 2. The summed E-state index contributed by atoms with van der Waals surface area (Å²) in [5.74, 6) is 0.558. The number of ether oxygens (including phenoxy) is 1. The van der Waals surface area contributed by atoms with Gasteiger partial charge in [0.2, 0.25) is 0 Å². The molecule has 0 bridgehead atoms. The van der Waals surface area contributed by atoms with Crippen molar-refractivity contribution >= 4 is 27.4 Å². The highest BCUT2D eigenvalue weighted by Gasteiger charge is 2.37. The van der Waals surface area contributed by atoms with Gasteiger partial charge in [-0.25, -0.2) is 4.98 Å². The van der Waals surface area contributed by atoms with Crippen LogP contribution < -0.4 is 0 Å². The van der Waals surface area contributed by atoms with Gasteiger partial charge in [-0.15, -0.1) is 0 Å². The lowest BCUT2D eigenvalue weighted by atomic mass is 10.1. The highest BCUT2D eigenvalue weighted by Crippen LogP contribution is 2.32. The Balaban J connectivity index is 1.49. The summed E-state index contributed by atoms with van der Waals surface area (Å²) in [7, 11) is 0. The Morgan fingerprint density at radius 3 is 3.09 bits per heavy atom. The molecule has 3 heterocycles. The molecule has 2 aromatic heterocycles. The fourth-order valence-electron chi connectivity index (χ4n) is 3.00. The fraction of sp³-hybridized carbons (Fsp3) is 0.500. The van der Waals surface area contributed by atoms with Crippen molar-refractivity contribution in [2.75, 3.05) is 19.7 Å². The van der Waals surface area contributed by atoms with Crippen molar-refractivity contribution in [3.8, 4) is 0 Å². The van der Waals surface area contributed by atoms with Gasteiger partial charge in [0.1, 0.15) is 11.8 Å². The second-order valence-electron chi connectivity index (χ2n) is 6.10. The van der Waals surface area contributed by atoms with Crippen molar-refractivity contribution in [3.05, 3.63) is 34.7 Å². The topological polar surface area (TPSA) is 46.8 Å². The van der Waals surface area contributed by atoms with Crippen LogP contribution in [0.15, 0.2) is 29.0 Å². The van der Waals surface area contributed by atoms with Gasteiger partial charge < -0.3 is 9.14 Å². The predicted molar refractivity (Wildman–Crippen MR) is 85.6 cm³/mol. The van der Waals surface area contributed by atoms with E-state index in [0.717, 1.165) is 41.7 Å². The molecule has 0 radical (unpaired) electrons. The number of halogens is 1. The lowest BCUT2D eigenvalue weighted by Gasteiger charge is -2.32. The van der Waals surface area contributed by atoms with Crippen LogP contribution in [-0.2, 0) is 16.1 Å². The Morgan fingerprint density at radius 2 is 2.27 bits per heavy atom. The van der Waals surface area contributed by atoms with E-state index in [4.69, 9.17) is 4.74 Å². The number of hydrogen-bond acceptors (Lipinski definition) is 4. The van der Waals surface area contributed by atoms with Crippen LogP contribution in [-0.4, -0.2) is 45.9 Å². The molecule has 0 unspecified atom stereocenters. The van der Waals surface area contributed by atoms with Crippen LogP contribution in [0.1, 0.15) is 18.5 Å². The minimum absolute atomic E-state index is 0.243. The van der Waals surface area contributed by atoms with Crippen molar-refractivity contribution in [3.63, 3.8) is 0 Å². The minimum atomic E-state index is -0.243. The first-order valence-electron chi connectivity index (χ1n) is 7.70. The molecule has 1 saturated heterocycles. The average Bonchev–Trinajstić information content (AvgIpc) is 3.31. The Morgan fingerprint density at radius 1 is 1.41 bits per heavy atom. The molecule has 22 heavy (non-hydrogen) atoms. The van der Waals surface area contributed by atoms with E-state index in [-0.39, 0.29) is 12.0 Å². The number of morpholine rings is 1. The fourth-order valence-corrected chi connectivity index (χ4v) is 3.34. The van der Waals surface area contributed by atoms with Crippen molar-refractivity contribution < 1.29 is 9.53 Å². The molecule has 2 aliphatic rings. The third-order valence-electron chi connectivity index (χ3n) is 4.38. The molecule has 0 aromatic carbocycles. The van der Waals surface area contributed by atoms with Crippen LogP contribution in [0.2, 0.25) is 0 Å². The summed E-state index contributed by atoms with van der Waals surface area (Å²) in [6, 6.07) is 3.98. The first-order valence-corrected chi connectivity index (χ1v) is 8.49. The van der Waals surface area contributed by atoms with E-state index in [1.807, 2.05) is 24.5 Å². The number of Topliss-reactive ketones (excluding diaryl/α,β-unsaturated/α-hetero) is 1. The monoisotopic (exact) mass is 363 g/mol. The van der Waals surface area contributed by atoms with Crippen molar-refractivity contribution in [1.29, 1.82) is 0 Å². The molecule has 0 amide bonds. The first-order chi connectivity index (χ1) is 10.7. The van der Waals surface area contributed by atoms with Gasteiger partial charge in [0.25, 0.3) is 0 Å². The quantitative estimate of drug-likeness (QED) is 0.835. The number of carbonyl (C=O) groups is 1. The van der Waals surface area contributed by atoms with Gasteiger partial charge in [-0.05, 0) is 40.9 Å². The number of nitrogens with zero attached hydrogens (tertiary/aromatic N) is 3. The van der Waals surface area contributed by atoms with Crippen molar-refractivity contribution in [2.45, 2.75) is 25.5 Å². The summed E-state index contributed by atoms with van der Waals surface area (Å²) in [6.45, 7) is 2.96. The zero-order chi connectivity index (χ0) is 15.1. The molecule has 0 N–H and O–H groups in total. The van der Waals surface area contributed by atoms with E-state index < -0.39 is 0 Å². The lowest BCUT2D eigenvalue weighted by Crippen LogP contribution is -2.46. The Hall–Kier alpha value is -1.24. The van der Waals surface area contributed by atoms with Gasteiger partial charge in [-0.2, -0.15) is 0 Å². The summed E-state index contributed by atoms with van der Waals surface area (Å²) >= 11 is 3.50. The Labute approximate surface area is 137 Å². The maximum absolute atomic E-state index is 12.2. The zero-order valence-electron chi connectivity index (χ0n) is 12.2. The number of rotatable bonds is 4. The van der Waals surface area contributed by atoms with E-state index in [1.165, 1.54) is 0 Å². The number of pyridine rings is 1. The van der Waals surface area contributed by atoms with Crippen LogP contribution in [0.5, 0.6) is 0 Å². The van der Waals surface area contributed by atoms with E-state index in [1.54, 1.807) is 0 Å². The molecular formula is C16H18BrN3O2. The largest absolute Gasteiger partial charge is 0.368 e. The summed E-state index contributed by atoms with van der Waals surface area (Å²) in [6.07, 6.45) is 5.78. The van der Waals surface area contributed by atoms with Gasteiger partial charge in [-0.1, -0.05) is 0 Å². The number of carbonyl (C=O) groups excluding carboxylic acids is 1. The third-order valence-corrected chi connectivity index (χ3v) is 4.85. The number of hydrogen-bond donors (Lipinski definition) is 0. The average molecular weight is 364 g/mol. The predicted octanol–water partition coefficient (Wildman–Crippen LogP) is 2.28. The molecule has 2 aromatic rings. The van der Waals surface area contributed by atoms with Crippen LogP contribution in [0.4, 0.5) is 0 Å². The van der Waals surface area contributed by atoms with E-state index in [9.17, 15) is 4.79 Å². The van der Waals surface area contributed by atoms with Gasteiger partial charge in [-0.3, -0.25) is 9.69 Å². The van der Waals surface area contributed by atoms with Crippen molar-refractivity contribution in [1.82, 2.24) is 14.3 Å². The minimum Gasteiger partial charge on any atom is -0.368 e. The molecule has 1 aliphatic carbocycles. The van der Waals surface area contributed by atoms with Crippen LogP contribution in [0, 0.1) is 5.92 Å². The molecule has 5 nitrogen and oxygen atoms in total. The second kappa shape index (κ2) is 5.76. The third kappa shape index (κ3) is 2.83. The smallest absolute Gasteiger partial charge is 0.165 e. The first kappa shape index (κ1) is 14.4. The van der Waals surface area contributed by atoms with Crippen LogP contribution >= 0.6 is 15.9 Å². The number of fused-ring (bicyclic) bond motifs is 1. The second-order valence-corrected chi connectivity index (χ2v) is 7.01. The van der Waals surface area contributed by atoms with Crippen LogP contribution in [0.3, 0.4) is 0 Å². The zero-order valence-corrected chi connectivity index (χ0v) is 13.8. The molecular weight excluding hydrogens is 346 g/mol. The molecule has 4 rings (SSSR count). The lowest BCUT2D eigenvalue weighted by molar-refractivity contribution is -0.137. The van der Waals surface area contributed by atoms with E-state index in [2.05, 4.69) is 30.2 Å². The molecule has 6 heteroatoms. The number of imidazole rings is 1. The van der Waals surface area contributed by atoms with E-state index in [0.29, 0.717) is 18.9 Å². The van der Waals surface area contributed by atoms with Gasteiger partial charge in [0, 0.05) is 36.2 Å². The highest BCUT2D eigenvalue weighted by atomic mass is 79.9. The Bertz CT molecular complexity index is 710. The molecule has 1 aliphatic heterocycles. The van der Waals surface area contributed by atoms with Gasteiger partial charge >= 0.3 is 0 Å². The van der Waals surface area contributed by atoms with Crippen LogP contribution in [0.25, 0.3) is 5.65 Å². The maximum Gasteiger partial charge on any atom is 0.165 e. The van der Waals surface area contributed by atoms with E-state index >= 15 is 0 Å². The SMILES string of the molecule is O=C(C1CC1)[C@@H]1CN(Cc2cnc3ccc(Br)cn23)CCO1. The molecule has 2 fully saturated rings. The summed E-state index contributed by atoms with van der Waals surface area (Å²) < 4.78 is 8.80. The molecule has 116 valence electrons. The maximum atomic E-state index is 12.2. The highest BCUT2D eigenvalue weighted by molar-refractivity contribution is 9.10. The molecule has 1 saturated carbocycles. The molecule has 1 atom stereocenters. The standard InChI is InChI=1S/C16H18BrN3O2/c17-12-3-4-15-18-7-13(20(15)8-12)9-19-5-6-22-14(10-19)16(21)11-1-2-11/h3-4,7-8,11,14H,1-2,5-6,9-10H2/t14-/m0/s1. The normalized spacial score (nSPS) is 23.0. The Kier molecular flexibility index (Phi) is 3.76. The summed E-state index contributed by atoms with van der Waals surface area (Å²) in [4.78, 5) is 18.9. The summed E-state index contributed by atoms with van der Waals surface area (Å²) in [5, 5.41) is 0. The van der Waals surface area contributed by atoms with Gasteiger partial charge in [0.05, 0.1) is 18.5 Å². The number of ketones is 1.